The first-order chi connectivity index (χ1) is 15.3. The molecule has 0 aliphatic heterocycles. The SMILES string of the molecule is Cc1nn(CC(=O)N/N=C/c2ccccc2OC(=O)c2ccccc2Br)c(C)c1[N+](=O)[O-]. The van der Waals surface area contributed by atoms with E-state index < -0.39 is 16.8 Å². The second-order valence-electron chi connectivity index (χ2n) is 6.63. The number of hydrazone groups is 1. The first-order valence-corrected chi connectivity index (χ1v) is 10.1. The van der Waals surface area contributed by atoms with Crippen molar-refractivity contribution in [2.24, 2.45) is 5.10 Å². The number of halogens is 1. The van der Waals surface area contributed by atoms with Crippen LogP contribution in [-0.4, -0.2) is 32.8 Å². The zero-order valence-electron chi connectivity index (χ0n) is 17.1. The second-order valence-corrected chi connectivity index (χ2v) is 7.49. The Balaban J connectivity index is 1.67. The Kier molecular flexibility index (Phi) is 7.11. The molecule has 0 unspecified atom stereocenters. The highest BCUT2D eigenvalue weighted by Gasteiger charge is 2.22. The van der Waals surface area contributed by atoms with E-state index in [4.69, 9.17) is 4.74 Å². The lowest BCUT2D eigenvalue weighted by Gasteiger charge is -2.08. The third-order valence-corrected chi connectivity index (χ3v) is 5.12. The number of carbonyl (C=O) groups is 2. The molecule has 1 aromatic heterocycles. The molecule has 0 fully saturated rings. The second kappa shape index (κ2) is 9.96. The summed E-state index contributed by atoms with van der Waals surface area (Å²) < 4.78 is 7.32. The van der Waals surface area contributed by atoms with Gasteiger partial charge in [-0.2, -0.15) is 10.2 Å². The van der Waals surface area contributed by atoms with Crippen LogP contribution < -0.4 is 10.2 Å². The van der Waals surface area contributed by atoms with Crippen molar-refractivity contribution in [1.82, 2.24) is 15.2 Å². The van der Waals surface area contributed by atoms with Crippen LogP contribution in [0.25, 0.3) is 0 Å². The Hall–Kier alpha value is -3.86. The molecule has 164 valence electrons. The van der Waals surface area contributed by atoms with Gasteiger partial charge in [0.05, 0.1) is 16.7 Å². The van der Waals surface area contributed by atoms with Crippen LogP contribution in [0.1, 0.15) is 27.3 Å². The van der Waals surface area contributed by atoms with Crippen molar-refractivity contribution in [3.05, 3.63) is 85.6 Å². The first-order valence-electron chi connectivity index (χ1n) is 9.34. The molecule has 32 heavy (non-hydrogen) atoms. The van der Waals surface area contributed by atoms with Crippen molar-refractivity contribution in [2.75, 3.05) is 0 Å². The van der Waals surface area contributed by atoms with Gasteiger partial charge in [0.2, 0.25) is 0 Å². The number of aryl methyl sites for hydroxylation is 1. The predicted molar refractivity (Wildman–Crippen MR) is 120 cm³/mol. The molecule has 3 rings (SSSR count). The van der Waals surface area contributed by atoms with Crippen LogP contribution >= 0.6 is 15.9 Å². The van der Waals surface area contributed by atoms with E-state index in [1.807, 2.05) is 0 Å². The van der Waals surface area contributed by atoms with Crippen LogP contribution in [0.4, 0.5) is 5.69 Å². The molecule has 2 aromatic carbocycles. The highest BCUT2D eigenvalue weighted by molar-refractivity contribution is 9.10. The number of benzene rings is 2. The third-order valence-electron chi connectivity index (χ3n) is 4.43. The molecule has 1 N–H and O–H groups in total. The molecule has 1 heterocycles. The number of amides is 1. The van der Waals surface area contributed by atoms with E-state index in [0.29, 0.717) is 15.6 Å². The Labute approximate surface area is 191 Å². The van der Waals surface area contributed by atoms with Gasteiger partial charge in [-0.05, 0) is 54.0 Å². The van der Waals surface area contributed by atoms with Crippen LogP contribution in [0.5, 0.6) is 5.75 Å². The van der Waals surface area contributed by atoms with Crippen molar-refractivity contribution in [3.63, 3.8) is 0 Å². The van der Waals surface area contributed by atoms with E-state index in [-0.39, 0.29) is 29.4 Å². The standard InChI is InChI=1S/C21H18BrN5O5/c1-13-20(27(30)31)14(2)26(25-13)12-19(28)24-23-11-15-7-3-6-10-18(15)32-21(29)16-8-4-5-9-17(16)22/h3-11H,12H2,1-2H3,(H,24,28)/b23-11+. The number of aromatic nitrogens is 2. The fourth-order valence-corrected chi connectivity index (χ4v) is 3.36. The highest BCUT2D eigenvalue weighted by Crippen LogP contribution is 2.22. The minimum Gasteiger partial charge on any atom is -0.422 e. The maximum absolute atomic E-state index is 12.5. The van der Waals surface area contributed by atoms with Crippen molar-refractivity contribution >= 4 is 39.7 Å². The zero-order valence-corrected chi connectivity index (χ0v) is 18.7. The normalized spacial score (nSPS) is 10.8. The van der Waals surface area contributed by atoms with Gasteiger partial charge in [0.25, 0.3) is 5.91 Å². The lowest BCUT2D eigenvalue weighted by Crippen LogP contribution is -2.24. The summed E-state index contributed by atoms with van der Waals surface area (Å²) in [5.41, 5.74) is 3.55. The minimum atomic E-state index is -0.548. The number of nitro groups is 1. The van der Waals surface area contributed by atoms with Gasteiger partial charge in [-0.1, -0.05) is 24.3 Å². The van der Waals surface area contributed by atoms with Crippen LogP contribution in [0.15, 0.2) is 58.1 Å². The summed E-state index contributed by atoms with van der Waals surface area (Å²) >= 11 is 3.31. The van der Waals surface area contributed by atoms with Gasteiger partial charge in [-0.15, -0.1) is 0 Å². The number of nitrogens with one attached hydrogen (secondary N) is 1. The van der Waals surface area contributed by atoms with Crippen molar-refractivity contribution < 1.29 is 19.2 Å². The van der Waals surface area contributed by atoms with Crippen LogP contribution in [0, 0.1) is 24.0 Å². The summed E-state index contributed by atoms with van der Waals surface area (Å²) in [6, 6.07) is 13.6. The van der Waals surface area contributed by atoms with Crippen molar-refractivity contribution in [2.45, 2.75) is 20.4 Å². The van der Waals surface area contributed by atoms with E-state index in [2.05, 4.69) is 31.6 Å². The molecule has 10 nitrogen and oxygen atoms in total. The lowest BCUT2D eigenvalue weighted by molar-refractivity contribution is -0.386. The number of rotatable bonds is 7. The molecule has 0 saturated carbocycles. The van der Waals surface area contributed by atoms with Crippen molar-refractivity contribution in [1.29, 1.82) is 0 Å². The van der Waals surface area contributed by atoms with Gasteiger partial charge in [-0.25, -0.2) is 10.2 Å². The monoisotopic (exact) mass is 499 g/mol. The summed E-state index contributed by atoms with van der Waals surface area (Å²) in [5.74, 6) is -0.807. The molecule has 0 saturated heterocycles. The molecule has 11 heteroatoms. The average molecular weight is 500 g/mol. The smallest absolute Gasteiger partial charge is 0.344 e. The third kappa shape index (κ3) is 5.24. The summed E-state index contributed by atoms with van der Waals surface area (Å²) in [5, 5.41) is 19.0. The minimum absolute atomic E-state index is 0.123. The van der Waals surface area contributed by atoms with Gasteiger partial charge in [0.15, 0.2) is 0 Å². The molecule has 3 aromatic rings. The van der Waals surface area contributed by atoms with Crippen LogP contribution in [0.3, 0.4) is 0 Å². The number of ether oxygens (including phenoxy) is 1. The highest BCUT2D eigenvalue weighted by atomic mass is 79.9. The summed E-state index contributed by atoms with van der Waals surface area (Å²) in [7, 11) is 0. The molecule has 0 atom stereocenters. The number of carbonyl (C=O) groups excluding carboxylic acids is 2. The summed E-state index contributed by atoms with van der Waals surface area (Å²) in [4.78, 5) is 35.2. The lowest BCUT2D eigenvalue weighted by atomic mass is 10.2. The van der Waals surface area contributed by atoms with Gasteiger partial charge < -0.3 is 4.74 Å². The number of hydrogen-bond donors (Lipinski definition) is 1. The van der Waals surface area contributed by atoms with Crippen molar-refractivity contribution in [3.8, 4) is 5.75 Å². The first kappa shape index (κ1) is 22.8. The van der Waals surface area contributed by atoms with Gasteiger partial charge in [0.1, 0.15) is 23.7 Å². The predicted octanol–water partition coefficient (Wildman–Crippen LogP) is 3.54. The summed E-state index contributed by atoms with van der Waals surface area (Å²) in [6.07, 6.45) is 1.34. The summed E-state index contributed by atoms with van der Waals surface area (Å²) in [6.45, 7) is 2.78. The molecule has 0 spiro atoms. The van der Waals surface area contributed by atoms with Crippen LogP contribution in [0.2, 0.25) is 0 Å². The topological polar surface area (TPSA) is 129 Å². The molecular weight excluding hydrogens is 482 g/mol. The van der Waals surface area contributed by atoms with E-state index in [1.54, 1.807) is 48.5 Å². The van der Waals surface area contributed by atoms with E-state index in [1.165, 1.54) is 24.7 Å². The largest absolute Gasteiger partial charge is 0.422 e. The molecule has 0 bridgehead atoms. The Morgan fingerprint density at radius 2 is 1.91 bits per heavy atom. The molecule has 0 radical (unpaired) electrons. The van der Waals surface area contributed by atoms with Gasteiger partial charge in [-0.3, -0.25) is 19.6 Å². The maximum Gasteiger partial charge on any atom is 0.344 e. The molecular formula is C21H18BrN5O5. The Morgan fingerprint density at radius 3 is 2.59 bits per heavy atom. The zero-order chi connectivity index (χ0) is 23.3. The van der Waals surface area contributed by atoms with E-state index in [0.717, 1.165) is 0 Å². The maximum atomic E-state index is 12.5. The number of para-hydroxylation sites is 1. The Bertz CT molecular complexity index is 1220. The fraction of sp³-hybridized carbons (Fsp3) is 0.143. The quantitative estimate of drug-likeness (QED) is 0.174. The average Bonchev–Trinajstić information content (AvgIpc) is 3.02. The van der Waals surface area contributed by atoms with Gasteiger partial charge in [0, 0.05) is 10.0 Å². The number of esters is 1. The number of nitrogens with zero attached hydrogens (tertiary/aromatic N) is 4. The van der Waals surface area contributed by atoms with E-state index in [9.17, 15) is 19.7 Å². The molecule has 1 amide bonds. The van der Waals surface area contributed by atoms with Crippen LogP contribution in [-0.2, 0) is 11.3 Å². The molecule has 0 aliphatic carbocycles. The molecule has 0 aliphatic rings. The fourth-order valence-electron chi connectivity index (χ4n) is 2.91. The Morgan fingerprint density at radius 1 is 1.22 bits per heavy atom. The van der Waals surface area contributed by atoms with Gasteiger partial charge >= 0.3 is 11.7 Å². The number of hydrogen-bond acceptors (Lipinski definition) is 7. The van der Waals surface area contributed by atoms with E-state index >= 15 is 0 Å².